The van der Waals surface area contributed by atoms with E-state index in [9.17, 15) is 0 Å². The van der Waals surface area contributed by atoms with Crippen molar-refractivity contribution in [1.29, 1.82) is 0 Å². The number of H-pyrrole nitrogens is 1. The van der Waals surface area contributed by atoms with Gasteiger partial charge in [0.05, 0.1) is 12.2 Å². The molecule has 4 rings (SSSR count). The first-order valence-electron chi connectivity index (χ1n) is 6.40. The van der Waals surface area contributed by atoms with Crippen LogP contribution in [0.25, 0.3) is 11.5 Å². The molecule has 0 spiro atoms. The first-order chi connectivity index (χ1) is 9.90. The molecule has 2 N–H and O–H groups in total. The van der Waals surface area contributed by atoms with Crippen molar-refractivity contribution in [2.45, 2.75) is 19.0 Å². The molecule has 0 fully saturated rings. The lowest BCUT2D eigenvalue weighted by molar-refractivity contribution is 0.321. The second-order valence-corrected chi connectivity index (χ2v) is 4.72. The quantitative estimate of drug-likeness (QED) is 0.726. The number of nitrogens with zero attached hydrogens (tertiary/aromatic N) is 4. The molecule has 1 unspecified atom stereocenters. The summed E-state index contributed by atoms with van der Waals surface area (Å²) < 4.78 is 5.34. The molecule has 1 atom stereocenters. The zero-order chi connectivity index (χ0) is 13.4. The lowest BCUT2D eigenvalue weighted by Crippen LogP contribution is -2.28. The zero-order valence-electron chi connectivity index (χ0n) is 10.6. The van der Waals surface area contributed by atoms with Gasteiger partial charge in [0.1, 0.15) is 0 Å². The number of hydrogen-bond donors (Lipinski definition) is 2. The Hall–Kier alpha value is -2.54. The van der Waals surface area contributed by atoms with Crippen molar-refractivity contribution in [3.05, 3.63) is 47.5 Å². The highest BCUT2D eigenvalue weighted by atomic mass is 16.5. The minimum Gasteiger partial charge on any atom is -0.337 e. The molecule has 0 amide bonds. The lowest BCUT2D eigenvalue weighted by Gasteiger charge is -2.23. The number of rotatable bonds is 2. The predicted molar refractivity (Wildman–Crippen MR) is 69.4 cm³/mol. The lowest BCUT2D eigenvalue weighted by atomic mass is 9.96. The summed E-state index contributed by atoms with van der Waals surface area (Å²) in [6.45, 7) is 0.808. The van der Waals surface area contributed by atoms with E-state index in [-0.39, 0.29) is 6.04 Å². The molecule has 0 bridgehead atoms. The van der Waals surface area contributed by atoms with Crippen molar-refractivity contribution in [2.75, 3.05) is 0 Å². The van der Waals surface area contributed by atoms with E-state index in [1.165, 1.54) is 11.1 Å². The van der Waals surface area contributed by atoms with Crippen LogP contribution in [0.4, 0.5) is 0 Å². The van der Waals surface area contributed by atoms with Crippen molar-refractivity contribution in [2.24, 2.45) is 0 Å². The van der Waals surface area contributed by atoms with Crippen LogP contribution < -0.4 is 5.32 Å². The predicted octanol–water partition coefficient (Wildman–Crippen LogP) is 1.24. The highest BCUT2D eigenvalue weighted by Crippen LogP contribution is 2.25. The molecule has 1 aliphatic rings. The summed E-state index contributed by atoms with van der Waals surface area (Å²) >= 11 is 0. The van der Waals surface area contributed by atoms with Crippen molar-refractivity contribution in [3.63, 3.8) is 0 Å². The van der Waals surface area contributed by atoms with Crippen LogP contribution in [0.5, 0.6) is 0 Å². The average Bonchev–Trinajstić information content (AvgIpc) is 3.17. The van der Waals surface area contributed by atoms with Crippen LogP contribution in [-0.2, 0) is 13.0 Å². The van der Waals surface area contributed by atoms with E-state index in [2.05, 4.69) is 55.1 Å². The maximum absolute atomic E-state index is 5.34. The topological polar surface area (TPSA) is 92.5 Å². The Morgan fingerprint density at radius 2 is 2.10 bits per heavy atom. The first-order valence-corrected chi connectivity index (χ1v) is 6.40. The summed E-state index contributed by atoms with van der Waals surface area (Å²) in [5.41, 5.74) is 3.22. The molecule has 3 heterocycles. The van der Waals surface area contributed by atoms with Gasteiger partial charge in [0.15, 0.2) is 5.69 Å². The third-order valence-corrected chi connectivity index (χ3v) is 3.47. The van der Waals surface area contributed by atoms with Crippen molar-refractivity contribution in [3.8, 4) is 11.5 Å². The maximum Gasteiger partial charge on any atom is 0.244 e. The standard InChI is InChI=1S/C13H12N6O/c1-2-4-9-6-14-10(5-8(9)3-1)13-16-12(18-20-13)11-7-15-19-17-11/h1-4,7,10,14H,5-6H2,(H,15,17,19). The summed E-state index contributed by atoms with van der Waals surface area (Å²) in [5.74, 6) is 1.03. The zero-order valence-corrected chi connectivity index (χ0v) is 10.6. The molecule has 0 saturated heterocycles. The number of benzene rings is 1. The van der Waals surface area contributed by atoms with Gasteiger partial charge in [0.2, 0.25) is 11.7 Å². The third-order valence-electron chi connectivity index (χ3n) is 3.47. The largest absolute Gasteiger partial charge is 0.337 e. The van der Waals surface area contributed by atoms with Gasteiger partial charge < -0.3 is 9.84 Å². The second-order valence-electron chi connectivity index (χ2n) is 4.72. The fourth-order valence-electron chi connectivity index (χ4n) is 2.42. The van der Waals surface area contributed by atoms with Gasteiger partial charge >= 0.3 is 0 Å². The smallest absolute Gasteiger partial charge is 0.244 e. The van der Waals surface area contributed by atoms with E-state index in [0.717, 1.165) is 13.0 Å². The van der Waals surface area contributed by atoms with Gasteiger partial charge in [0, 0.05) is 6.54 Å². The first kappa shape index (κ1) is 11.3. The molecular weight excluding hydrogens is 256 g/mol. The number of fused-ring (bicyclic) bond motifs is 1. The maximum atomic E-state index is 5.34. The Labute approximate surface area is 114 Å². The molecular formula is C13H12N6O. The van der Waals surface area contributed by atoms with E-state index >= 15 is 0 Å². The van der Waals surface area contributed by atoms with E-state index in [1.807, 2.05) is 0 Å². The molecule has 1 aromatic carbocycles. The number of nitrogens with one attached hydrogen (secondary N) is 2. The van der Waals surface area contributed by atoms with Gasteiger partial charge in [0.25, 0.3) is 0 Å². The summed E-state index contributed by atoms with van der Waals surface area (Å²) in [6.07, 6.45) is 2.41. The van der Waals surface area contributed by atoms with Crippen LogP contribution >= 0.6 is 0 Å². The van der Waals surface area contributed by atoms with Crippen molar-refractivity contribution >= 4 is 0 Å². The van der Waals surface area contributed by atoms with Gasteiger partial charge in [-0.15, -0.1) is 0 Å². The molecule has 2 aromatic heterocycles. The number of aromatic amines is 1. The molecule has 0 saturated carbocycles. The molecule has 20 heavy (non-hydrogen) atoms. The highest BCUT2D eigenvalue weighted by Gasteiger charge is 2.24. The van der Waals surface area contributed by atoms with Gasteiger partial charge in [-0.3, -0.25) is 0 Å². The highest BCUT2D eigenvalue weighted by molar-refractivity contribution is 5.45. The molecule has 7 nitrogen and oxygen atoms in total. The fourth-order valence-corrected chi connectivity index (χ4v) is 2.42. The van der Waals surface area contributed by atoms with Gasteiger partial charge in [-0.1, -0.05) is 29.4 Å². The second kappa shape index (κ2) is 4.53. The summed E-state index contributed by atoms with van der Waals surface area (Å²) in [6, 6.07) is 8.41. The number of hydrogen-bond acceptors (Lipinski definition) is 6. The van der Waals surface area contributed by atoms with Gasteiger partial charge in [-0.05, 0) is 17.5 Å². The van der Waals surface area contributed by atoms with Crippen LogP contribution in [0.15, 0.2) is 35.0 Å². The minimum atomic E-state index is 0.0399. The third kappa shape index (κ3) is 1.88. The molecule has 3 aromatic rings. The SMILES string of the molecule is c1ccc2c(c1)CNC(c1nc(-c3cn[nH]n3)no1)C2. The normalized spacial score (nSPS) is 17.9. The van der Waals surface area contributed by atoms with E-state index < -0.39 is 0 Å². The summed E-state index contributed by atoms with van der Waals surface area (Å²) in [7, 11) is 0. The molecule has 100 valence electrons. The molecule has 7 heteroatoms. The van der Waals surface area contributed by atoms with E-state index in [1.54, 1.807) is 6.20 Å². The summed E-state index contributed by atoms with van der Waals surface area (Å²) in [4.78, 5) is 4.39. The van der Waals surface area contributed by atoms with Crippen molar-refractivity contribution < 1.29 is 4.52 Å². The Morgan fingerprint density at radius 1 is 1.20 bits per heavy atom. The Balaban J connectivity index is 1.60. The molecule has 0 radical (unpaired) electrons. The molecule has 0 aliphatic carbocycles. The van der Waals surface area contributed by atoms with Gasteiger partial charge in [-0.25, -0.2) is 0 Å². The minimum absolute atomic E-state index is 0.0399. The monoisotopic (exact) mass is 268 g/mol. The van der Waals surface area contributed by atoms with Crippen LogP contribution in [0.3, 0.4) is 0 Å². The van der Waals surface area contributed by atoms with Crippen LogP contribution in [-0.4, -0.2) is 25.6 Å². The fraction of sp³-hybridized carbons (Fsp3) is 0.231. The van der Waals surface area contributed by atoms with Crippen LogP contribution in [0, 0.1) is 0 Å². The molecule has 1 aliphatic heterocycles. The van der Waals surface area contributed by atoms with Crippen LogP contribution in [0.2, 0.25) is 0 Å². The van der Waals surface area contributed by atoms with Crippen molar-refractivity contribution in [1.82, 2.24) is 30.9 Å². The van der Waals surface area contributed by atoms with E-state index in [4.69, 9.17) is 4.52 Å². The Morgan fingerprint density at radius 3 is 2.95 bits per heavy atom. The Bertz CT molecular complexity index is 720. The summed E-state index contributed by atoms with van der Waals surface area (Å²) in [5, 5.41) is 17.6. The van der Waals surface area contributed by atoms with Crippen LogP contribution in [0.1, 0.15) is 23.1 Å². The average molecular weight is 268 g/mol. The van der Waals surface area contributed by atoms with Gasteiger partial charge in [-0.2, -0.15) is 20.4 Å². The Kier molecular flexibility index (Phi) is 2.56. The van der Waals surface area contributed by atoms with E-state index in [0.29, 0.717) is 17.4 Å². The number of aromatic nitrogens is 5.